The lowest BCUT2D eigenvalue weighted by molar-refractivity contribution is -0.115. The zero-order chi connectivity index (χ0) is 14.8. The Kier molecular flexibility index (Phi) is 3.66. The van der Waals surface area contributed by atoms with Crippen molar-refractivity contribution in [3.05, 3.63) is 52.1 Å². The van der Waals surface area contributed by atoms with Gasteiger partial charge in [0, 0.05) is 16.5 Å². The lowest BCUT2D eigenvalue weighted by Crippen LogP contribution is -2.14. The minimum atomic E-state index is -0.0418. The number of nitrogens with one attached hydrogen (secondary N) is 1. The summed E-state index contributed by atoms with van der Waals surface area (Å²) in [5.41, 5.74) is 2.49. The zero-order valence-corrected chi connectivity index (χ0v) is 12.7. The zero-order valence-electron chi connectivity index (χ0n) is 11.9. The van der Waals surface area contributed by atoms with Gasteiger partial charge in [-0.1, -0.05) is 18.2 Å². The molecule has 0 atom stereocenters. The van der Waals surface area contributed by atoms with Gasteiger partial charge in [-0.25, -0.2) is 4.98 Å². The molecule has 4 nitrogen and oxygen atoms in total. The van der Waals surface area contributed by atoms with Crippen LogP contribution in [0, 0.1) is 13.8 Å². The molecule has 3 rings (SSSR count). The van der Waals surface area contributed by atoms with E-state index >= 15 is 0 Å². The summed E-state index contributed by atoms with van der Waals surface area (Å²) in [7, 11) is 0. The summed E-state index contributed by atoms with van der Waals surface area (Å²) in [6, 6.07) is 9.64. The second-order valence-corrected chi connectivity index (χ2v) is 6.13. The summed E-state index contributed by atoms with van der Waals surface area (Å²) >= 11 is 1.57. The number of carbonyl (C=O) groups is 1. The summed E-state index contributed by atoms with van der Waals surface area (Å²) in [4.78, 5) is 21.9. The highest BCUT2D eigenvalue weighted by Gasteiger charge is 2.11. The van der Waals surface area contributed by atoms with E-state index in [0.29, 0.717) is 6.42 Å². The number of nitrogens with zero attached hydrogens (tertiary/aromatic N) is 2. The van der Waals surface area contributed by atoms with Gasteiger partial charge in [0.2, 0.25) is 5.91 Å². The Morgan fingerprint density at radius 2 is 2.05 bits per heavy atom. The number of carbonyl (C=O) groups excluding carboxylic acids is 1. The van der Waals surface area contributed by atoms with Crippen LogP contribution in [0.15, 0.2) is 36.5 Å². The fourth-order valence-corrected chi connectivity index (χ4v) is 3.22. The van der Waals surface area contributed by atoms with E-state index < -0.39 is 0 Å². The van der Waals surface area contributed by atoms with Gasteiger partial charge < -0.3 is 5.32 Å². The van der Waals surface area contributed by atoms with Gasteiger partial charge in [0.05, 0.1) is 28.3 Å². The van der Waals surface area contributed by atoms with Crippen molar-refractivity contribution in [2.45, 2.75) is 20.3 Å². The topological polar surface area (TPSA) is 54.9 Å². The maximum atomic E-state index is 12.2. The van der Waals surface area contributed by atoms with Crippen molar-refractivity contribution in [1.29, 1.82) is 0 Å². The molecule has 1 N–H and O–H groups in total. The monoisotopic (exact) mass is 297 g/mol. The van der Waals surface area contributed by atoms with Crippen LogP contribution >= 0.6 is 11.3 Å². The second-order valence-electron chi connectivity index (χ2n) is 4.85. The van der Waals surface area contributed by atoms with Gasteiger partial charge in [0.1, 0.15) is 0 Å². The molecular weight excluding hydrogens is 282 g/mol. The van der Waals surface area contributed by atoms with Crippen LogP contribution in [0.1, 0.15) is 15.6 Å². The molecule has 0 fully saturated rings. The Morgan fingerprint density at radius 3 is 2.81 bits per heavy atom. The lowest BCUT2D eigenvalue weighted by atomic mass is 10.2. The number of aryl methyl sites for hydroxylation is 2. The van der Waals surface area contributed by atoms with E-state index in [1.54, 1.807) is 17.5 Å². The smallest absolute Gasteiger partial charge is 0.229 e. The summed E-state index contributed by atoms with van der Waals surface area (Å²) in [5, 5.41) is 4.95. The number of thiazole rings is 1. The summed E-state index contributed by atoms with van der Waals surface area (Å²) < 4.78 is 0. The lowest BCUT2D eigenvalue weighted by Gasteiger charge is -2.07. The number of anilines is 1. The first-order chi connectivity index (χ1) is 10.1. The first-order valence-electron chi connectivity index (χ1n) is 6.70. The quantitative estimate of drug-likeness (QED) is 0.805. The molecule has 0 bridgehead atoms. The number of rotatable bonds is 3. The number of pyridine rings is 1. The summed E-state index contributed by atoms with van der Waals surface area (Å²) in [5.74, 6) is -0.0418. The molecule has 0 saturated heterocycles. The number of aromatic nitrogens is 2. The van der Waals surface area contributed by atoms with Crippen molar-refractivity contribution in [1.82, 2.24) is 9.97 Å². The Hall–Kier alpha value is -2.27. The third-order valence-electron chi connectivity index (χ3n) is 3.23. The van der Waals surface area contributed by atoms with Gasteiger partial charge in [-0.15, -0.1) is 11.3 Å². The Bertz CT molecular complexity index is 805. The van der Waals surface area contributed by atoms with Crippen LogP contribution in [0.5, 0.6) is 0 Å². The minimum Gasteiger partial charge on any atom is -0.324 e. The molecule has 2 heterocycles. The Balaban J connectivity index is 1.82. The molecular formula is C16H15N3OS. The van der Waals surface area contributed by atoms with E-state index in [1.807, 2.05) is 44.2 Å². The third-order valence-corrected chi connectivity index (χ3v) is 4.30. The van der Waals surface area contributed by atoms with Crippen LogP contribution in [0.4, 0.5) is 5.69 Å². The van der Waals surface area contributed by atoms with Crippen molar-refractivity contribution >= 4 is 33.8 Å². The predicted octanol–water partition coefficient (Wildman–Crippen LogP) is 3.49. The van der Waals surface area contributed by atoms with Crippen molar-refractivity contribution < 1.29 is 4.79 Å². The maximum Gasteiger partial charge on any atom is 0.229 e. The molecule has 106 valence electrons. The first kappa shape index (κ1) is 13.7. The molecule has 0 saturated carbocycles. The van der Waals surface area contributed by atoms with Crippen molar-refractivity contribution in [3.63, 3.8) is 0 Å². The Labute approximate surface area is 126 Å². The van der Waals surface area contributed by atoms with Gasteiger partial charge in [-0.05, 0) is 26.0 Å². The van der Waals surface area contributed by atoms with Crippen molar-refractivity contribution in [2.75, 3.05) is 5.32 Å². The van der Waals surface area contributed by atoms with E-state index in [4.69, 9.17) is 0 Å². The van der Waals surface area contributed by atoms with Crippen LogP contribution < -0.4 is 5.32 Å². The highest BCUT2D eigenvalue weighted by Crippen LogP contribution is 2.22. The number of para-hydroxylation sites is 1. The number of hydrogen-bond donors (Lipinski definition) is 1. The average Bonchev–Trinajstić information content (AvgIpc) is 2.77. The largest absolute Gasteiger partial charge is 0.324 e. The fourth-order valence-electron chi connectivity index (χ4n) is 2.28. The highest BCUT2D eigenvalue weighted by atomic mass is 32.1. The molecule has 0 spiro atoms. The van der Waals surface area contributed by atoms with Crippen molar-refractivity contribution in [2.24, 2.45) is 0 Å². The Morgan fingerprint density at radius 1 is 1.24 bits per heavy atom. The van der Waals surface area contributed by atoms with Crippen LogP contribution in [0.25, 0.3) is 10.9 Å². The van der Waals surface area contributed by atoms with Crippen LogP contribution in [0.3, 0.4) is 0 Å². The fraction of sp³-hybridized carbons (Fsp3) is 0.188. The second kappa shape index (κ2) is 5.61. The van der Waals surface area contributed by atoms with Crippen LogP contribution in [-0.2, 0) is 11.2 Å². The van der Waals surface area contributed by atoms with Gasteiger partial charge in [-0.3, -0.25) is 9.78 Å². The molecule has 0 aliphatic carbocycles. The first-order valence-corrected chi connectivity index (χ1v) is 7.51. The molecule has 2 aromatic heterocycles. The molecule has 0 aliphatic rings. The van der Waals surface area contributed by atoms with Crippen LogP contribution in [-0.4, -0.2) is 15.9 Å². The van der Waals surface area contributed by atoms with Gasteiger partial charge in [0.25, 0.3) is 0 Å². The van der Waals surface area contributed by atoms with Gasteiger partial charge in [0.15, 0.2) is 0 Å². The molecule has 0 unspecified atom stereocenters. The molecule has 1 amide bonds. The molecule has 1 aromatic carbocycles. The minimum absolute atomic E-state index is 0.0418. The highest BCUT2D eigenvalue weighted by molar-refractivity contribution is 7.11. The van der Waals surface area contributed by atoms with E-state index in [1.165, 1.54) is 0 Å². The molecule has 3 aromatic rings. The number of amides is 1. The number of hydrogen-bond acceptors (Lipinski definition) is 4. The van der Waals surface area contributed by atoms with Gasteiger partial charge in [-0.2, -0.15) is 0 Å². The van der Waals surface area contributed by atoms with E-state index in [9.17, 15) is 4.79 Å². The summed E-state index contributed by atoms with van der Waals surface area (Å²) in [6.45, 7) is 3.89. The van der Waals surface area contributed by atoms with Crippen molar-refractivity contribution in [3.8, 4) is 0 Å². The van der Waals surface area contributed by atoms with E-state index in [0.717, 1.165) is 32.2 Å². The van der Waals surface area contributed by atoms with E-state index in [-0.39, 0.29) is 5.91 Å². The summed E-state index contributed by atoms with van der Waals surface area (Å²) in [6.07, 6.45) is 2.08. The van der Waals surface area contributed by atoms with Gasteiger partial charge >= 0.3 is 0 Å². The molecule has 0 aliphatic heterocycles. The third kappa shape index (κ3) is 2.92. The maximum absolute atomic E-state index is 12.2. The predicted molar refractivity (Wildman–Crippen MR) is 85.7 cm³/mol. The molecule has 5 heteroatoms. The number of benzene rings is 1. The normalized spacial score (nSPS) is 10.8. The number of fused-ring (bicyclic) bond motifs is 1. The SMILES string of the molecule is Cc1nc(C)c(CC(=O)Nc2cccc3cccnc23)s1. The molecule has 0 radical (unpaired) electrons. The standard InChI is InChI=1S/C16H15N3OS/c1-10-14(21-11(2)18-10)9-15(20)19-13-7-3-5-12-6-4-8-17-16(12)13/h3-8H,9H2,1-2H3,(H,19,20). The van der Waals surface area contributed by atoms with E-state index in [2.05, 4.69) is 15.3 Å². The van der Waals surface area contributed by atoms with Crippen LogP contribution in [0.2, 0.25) is 0 Å². The average molecular weight is 297 g/mol. The molecule has 21 heavy (non-hydrogen) atoms.